The second kappa shape index (κ2) is 5.93. The fourth-order valence-corrected chi connectivity index (χ4v) is 2.31. The molecule has 4 nitrogen and oxygen atoms in total. The standard InChI is InChI=1S/C14H16F3NO3/c1-8-2-3-9(6-11(8)14(15,16)17)18-7-10-4-5-12(21-10)13(19)20/h2-3,6,10,12,18H,4-5,7H2,1H3,(H,19,20). The zero-order valence-corrected chi connectivity index (χ0v) is 11.4. The van der Waals surface area contributed by atoms with Gasteiger partial charge in [0.15, 0.2) is 6.10 Å². The molecule has 2 unspecified atom stereocenters. The molecular formula is C14H16F3NO3. The van der Waals surface area contributed by atoms with E-state index < -0.39 is 23.8 Å². The maximum atomic E-state index is 12.8. The average Bonchev–Trinajstić information content (AvgIpc) is 2.85. The molecule has 1 saturated heterocycles. The van der Waals surface area contributed by atoms with Crippen LogP contribution in [0, 0.1) is 6.92 Å². The summed E-state index contributed by atoms with van der Waals surface area (Å²) in [6.45, 7) is 1.69. The van der Waals surface area contributed by atoms with E-state index in [-0.39, 0.29) is 18.2 Å². The fourth-order valence-electron chi connectivity index (χ4n) is 2.31. The van der Waals surface area contributed by atoms with Crippen molar-refractivity contribution in [1.29, 1.82) is 0 Å². The predicted octanol–water partition coefficient (Wildman–Crippen LogP) is 3.06. The summed E-state index contributed by atoms with van der Waals surface area (Å²) < 4.78 is 43.7. The number of aryl methyl sites for hydroxylation is 1. The van der Waals surface area contributed by atoms with Crippen LogP contribution in [0.15, 0.2) is 18.2 Å². The quantitative estimate of drug-likeness (QED) is 0.897. The minimum absolute atomic E-state index is 0.163. The van der Waals surface area contributed by atoms with E-state index in [1.54, 1.807) is 6.07 Å². The summed E-state index contributed by atoms with van der Waals surface area (Å²) in [5.74, 6) is -1.01. The predicted molar refractivity (Wildman–Crippen MR) is 70.2 cm³/mol. The van der Waals surface area contributed by atoms with Gasteiger partial charge in [-0.1, -0.05) is 6.07 Å². The normalized spacial score (nSPS) is 22.3. The number of carboxylic acid groups (broad SMARTS) is 1. The lowest BCUT2D eigenvalue weighted by molar-refractivity contribution is -0.149. The van der Waals surface area contributed by atoms with Gasteiger partial charge in [0, 0.05) is 12.2 Å². The molecule has 116 valence electrons. The molecule has 2 N–H and O–H groups in total. The van der Waals surface area contributed by atoms with Crippen LogP contribution in [0.25, 0.3) is 0 Å². The summed E-state index contributed by atoms with van der Waals surface area (Å²) >= 11 is 0. The van der Waals surface area contributed by atoms with Gasteiger partial charge < -0.3 is 15.2 Å². The zero-order valence-electron chi connectivity index (χ0n) is 11.4. The van der Waals surface area contributed by atoms with Crippen LogP contribution in [-0.2, 0) is 15.7 Å². The van der Waals surface area contributed by atoms with Crippen molar-refractivity contribution in [2.75, 3.05) is 11.9 Å². The third-order valence-electron chi connectivity index (χ3n) is 3.46. The Labute approximate surface area is 119 Å². The molecule has 1 heterocycles. The first-order valence-electron chi connectivity index (χ1n) is 6.57. The molecule has 0 saturated carbocycles. The molecule has 0 aliphatic carbocycles. The Bertz CT molecular complexity index is 531. The maximum absolute atomic E-state index is 12.8. The highest BCUT2D eigenvalue weighted by molar-refractivity contribution is 5.72. The third-order valence-corrected chi connectivity index (χ3v) is 3.46. The molecular weight excluding hydrogens is 287 g/mol. The van der Waals surface area contributed by atoms with Gasteiger partial charge in [-0.2, -0.15) is 13.2 Å². The Morgan fingerprint density at radius 1 is 1.43 bits per heavy atom. The van der Waals surface area contributed by atoms with Crippen LogP contribution < -0.4 is 5.32 Å². The van der Waals surface area contributed by atoms with E-state index in [9.17, 15) is 18.0 Å². The van der Waals surface area contributed by atoms with E-state index in [0.29, 0.717) is 18.5 Å². The summed E-state index contributed by atoms with van der Waals surface area (Å²) in [7, 11) is 0. The fraction of sp³-hybridized carbons (Fsp3) is 0.500. The van der Waals surface area contributed by atoms with Crippen LogP contribution in [0.4, 0.5) is 18.9 Å². The number of alkyl halides is 3. The molecule has 0 spiro atoms. The topological polar surface area (TPSA) is 58.6 Å². The number of halogens is 3. The van der Waals surface area contributed by atoms with Crippen molar-refractivity contribution >= 4 is 11.7 Å². The first kappa shape index (κ1) is 15.6. The molecule has 1 aliphatic rings. The van der Waals surface area contributed by atoms with Crippen LogP contribution in [0.2, 0.25) is 0 Å². The molecule has 2 rings (SSSR count). The summed E-state index contributed by atoms with van der Waals surface area (Å²) in [6, 6.07) is 4.02. The van der Waals surface area contributed by atoms with Gasteiger partial charge in [-0.15, -0.1) is 0 Å². The first-order chi connectivity index (χ1) is 9.77. The second-order valence-corrected chi connectivity index (χ2v) is 5.07. The molecule has 1 aliphatic heterocycles. The summed E-state index contributed by atoms with van der Waals surface area (Å²) in [6.07, 6.45) is -4.52. The van der Waals surface area contributed by atoms with E-state index in [2.05, 4.69) is 5.32 Å². The summed E-state index contributed by atoms with van der Waals surface area (Å²) in [4.78, 5) is 10.7. The Balaban J connectivity index is 1.97. The minimum Gasteiger partial charge on any atom is -0.479 e. The Kier molecular flexibility index (Phi) is 4.41. The van der Waals surface area contributed by atoms with E-state index in [1.165, 1.54) is 13.0 Å². The number of aliphatic carboxylic acids is 1. The maximum Gasteiger partial charge on any atom is 0.416 e. The SMILES string of the molecule is Cc1ccc(NCC2CCC(C(=O)O)O2)cc1C(F)(F)F. The number of rotatable bonds is 4. The van der Waals surface area contributed by atoms with Gasteiger partial charge in [0.25, 0.3) is 0 Å². The van der Waals surface area contributed by atoms with E-state index in [1.807, 2.05) is 0 Å². The van der Waals surface area contributed by atoms with Crippen molar-refractivity contribution in [3.63, 3.8) is 0 Å². The highest BCUT2D eigenvalue weighted by Crippen LogP contribution is 2.33. The lowest BCUT2D eigenvalue weighted by atomic mass is 10.1. The summed E-state index contributed by atoms with van der Waals surface area (Å²) in [5, 5.41) is 11.7. The Hall–Kier alpha value is -1.76. The van der Waals surface area contributed by atoms with Gasteiger partial charge in [-0.3, -0.25) is 0 Å². The van der Waals surface area contributed by atoms with Crippen LogP contribution in [-0.4, -0.2) is 29.8 Å². The Morgan fingerprint density at radius 3 is 2.71 bits per heavy atom. The van der Waals surface area contributed by atoms with Crippen LogP contribution in [0.1, 0.15) is 24.0 Å². The lowest BCUT2D eigenvalue weighted by Crippen LogP contribution is -2.24. The molecule has 1 aromatic rings. The van der Waals surface area contributed by atoms with Gasteiger partial charge in [0.1, 0.15) is 0 Å². The monoisotopic (exact) mass is 303 g/mol. The largest absolute Gasteiger partial charge is 0.479 e. The molecule has 0 amide bonds. The number of nitrogens with one attached hydrogen (secondary N) is 1. The number of carbonyl (C=O) groups is 1. The number of carboxylic acids is 1. The minimum atomic E-state index is -4.39. The van der Waals surface area contributed by atoms with E-state index in [0.717, 1.165) is 6.07 Å². The molecule has 2 atom stereocenters. The van der Waals surface area contributed by atoms with E-state index >= 15 is 0 Å². The lowest BCUT2D eigenvalue weighted by Gasteiger charge is -2.16. The Morgan fingerprint density at radius 2 is 2.14 bits per heavy atom. The zero-order chi connectivity index (χ0) is 15.6. The second-order valence-electron chi connectivity index (χ2n) is 5.07. The third kappa shape index (κ3) is 3.87. The molecule has 0 radical (unpaired) electrons. The average molecular weight is 303 g/mol. The highest BCUT2D eigenvalue weighted by Gasteiger charge is 2.33. The molecule has 21 heavy (non-hydrogen) atoms. The molecule has 1 aromatic carbocycles. The van der Waals surface area contributed by atoms with Gasteiger partial charge in [0.2, 0.25) is 0 Å². The van der Waals surface area contributed by atoms with Crippen molar-refractivity contribution < 1.29 is 27.8 Å². The highest BCUT2D eigenvalue weighted by atomic mass is 19.4. The van der Waals surface area contributed by atoms with Gasteiger partial charge in [-0.05, 0) is 37.5 Å². The summed E-state index contributed by atoms with van der Waals surface area (Å²) in [5.41, 5.74) is -0.172. The molecule has 0 bridgehead atoms. The smallest absolute Gasteiger partial charge is 0.416 e. The number of anilines is 1. The van der Waals surface area contributed by atoms with Crippen molar-refractivity contribution in [3.05, 3.63) is 29.3 Å². The molecule has 1 fully saturated rings. The van der Waals surface area contributed by atoms with E-state index in [4.69, 9.17) is 9.84 Å². The number of hydrogen-bond acceptors (Lipinski definition) is 3. The number of benzene rings is 1. The van der Waals surface area contributed by atoms with Crippen LogP contribution >= 0.6 is 0 Å². The van der Waals surface area contributed by atoms with Crippen molar-refractivity contribution in [3.8, 4) is 0 Å². The number of hydrogen-bond donors (Lipinski definition) is 2. The van der Waals surface area contributed by atoms with Gasteiger partial charge in [0.05, 0.1) is 11.7 Å². The number of ether oxygens (including phenoxy) is 1. The van der Waals surface area contributed by atoms with Crippen molar-refractivity contribution in [2.45, 2.75) is 38.1 Å². The van der Waals surface area contributed by atoms with Crippen LogP contribution in [0.5, 0.6) is 0 Å². The van der Waals surface area contributed by atoms with Crippen molar-refractivity contribution in [2.24, 2.45) is 0 Å². The van der Waals surface area contributed by atoms with Gasteiger partial charge >= 0.3 is 12.1 Å². The molecule has 7 heteroatoms. The van der Waals surface area contributed by atoms with Crippen LogP contribution in [0.3, 0.4) is 0 Å². The first-order valence-corrected chi connectivity index (χ1v) is 6.57. The molecule has 0 aromatic heterocycles. The van der Waals surface area contributed by atoms with Crippen molar-refractivity contribution in [1.82, 2.24) is 0 Å². The van der Waals surface area contributed by atoms with Gasteiger partial charge in [-0.25, -0.2) is 4.79 Å².